The first kappa shape index (κ1) is 15.1. The maximum atomic E-state index is 11.0. The summed E-state index contributed by atoms with van der Waals surface area (Å²) in [5.74, 6) is 0.655. The minimum atomic E-state index is -3.65. The molecule has 0 aliphatic heterocycles. The van der Waals surface area contributed by atoms with E-state index in [1.54, 1.807) is 12.1 Å². The largest absolute Gasteiger partial charge is 0.494 e. The molecule has 0 saturated carbocycles. The van der Waals surface area contributed by atoms with Crippen LogP contribution in [0, 0.1) is 0 Å². The van der Waals surface area contributed by atoms with Gasteiger partial charge in [0.1, 0.15) is 5.75 Å². The van der Waals surface area contributed by atoms with Crippen LogP contribution in [0.1, 0.15) is 25.7 Å². The number of unbranched alkanes of at least 4 members (excludes halogenated alkanes) is 3. The van der Waals surface area contributed by atoms with E-state index in [4.69, 9.17) is 15.4 Å². The third-order valence-corrected chi connectivity index (χ3v) is 3.80. The van der Waals surface area contributed by atoms with Crippen molar-refractivity contribution in [2.75, 3.05) is 6.61 Å². The predicted molar refractivity (Wildman–Crippen MR) is 73.6 cm³/mol. The van der Waals surface area contributed by atoms with Gasteiger partial charge < -0.3 is 4.74 Å². The van der Waals surface area contributed by atoms with Crippen LogP contribution >= 0.6 is 10.7 Å². The zero-order valence-corrected chi connectivity index (χ0v) is 11.7. The Morgan fingerprint density at radius 3 is 2.39 bits per heavy atom. The average Bonchev–Trinajstić information content (AvgIpc) is 2.33. The quantitative estimate of drug-likeness (QED) is 0.416. The minimum Gasteiger partial charge on any atom is -0.494 e. The lowest BCUT2D eigenvalue weighted by atomic mass is 10.2. The molecule has 0 heterocycles. The first-order valence-corrected chi connectivity index (χ1v) is 8.13. The SMILES string of the molecule is C=CCCCCCOc1ccc(S(=O)(=O)Cl)cc1. The van der Waals surface area contributed by atoms with E-state index in [-0.39, 0.29) is 4.90 Å². The molecule has 3 nitrogen and oxygen atoms in total. The highest BCUT2D eigenvalue weighted by molar-refractivity contribution is 8.13. The normalized spacial score (nSPS) is 11.2. The molecule has 0 unspecified atom stereocenters. The Hall–Kier alpha value is -1.00. The highest BCUT2D eigenvalue weighted by atomic mass is 35.7. The van der Waals surface area contributed by atoms with Crippen molar-refractivity contribution in [3.05, 3.63) is 36.9 Å². The van der Waals surface area contributed by atoms with Crippen molar-refractivity contribution in [2.24, 2.45) is 0 Å². The van der Waals surface area contributed by atoms with E-state index in [1.165, 1.54) is 12.1 Å². The highest BCUT2D eigenvalue weighted by Gasteiger charge is 2.08. The highest BCUT2D eigenvalue weighted by Crippen LogP contribution is 2.19. The third-order valence-electron chi connectivity index (χ3n) is 2.43. The standard InChI is InChI=1S/C13H17ClO3S/c1-2-3-4-5-6-11-17-12-7-9-13(10-8-12)18(14,15)16/h2,7-10H,1,3-6,11H2. The van der Waals surface area contributed by atoms with Crippen molar-refractivity contribution >= 4 is 19.7 Å². The molecule has 0 fully saturated rings. The fraction of sp³-hybridized carbons (Fsp3) is 0.385. The van der Waals surface area contributed by atoms with Gasteiger partial charge in [0.2, 0.25) is 0 Å². The predicted octanol–water partition coefficient (Wildman–Crippen LogP) is 3.74. The van der Waals surface area contributed by atoms with Crippen molar-refractivity contribution in [3.63, 3.8) is 0 Å². The summed E-state index contributed by atoms with van der Waals surface area (Å²) in [7, 11) is 1.56. The summed E-state index contributed by atoms with van der Waals surface area (Å²) in [5.41, 5.74) is 0. The summed E-state index contributed by atoms with van der Waals surface area (Å²) in [6.45, 7) is 4.29. The lowest BCUT2D eigenvalue weighted by Gasteiger charge is -2.06. The maximum absolute atomic E-state index is 11.0. The smallest absolute Gasteiger partial charge is 0.261 e. The number of rotatable bonds is 8. The monoisotopic (exact) mass is 288 g/mol. The van der Waals surface area contributed by atoms with Gasteiger partial charge in [-0.3, -0.25) is 0 Å². The topological polar surface area (TPSA) is 43.4 Å². The molecule has 0 aliphatic rings. The zero-order valence-electron chi connectivity index (χ0n) is 10.1. The summed E-state index contributed by atoms with van der Waals surface area (Å²) in [4.78, 5) is 0.0856. The fourth-order valence-electron chi connectivity index (χ4n) is 1.46. The zero-order chi connectivity index (χ0) is 13.4. The van der Waals surface area contributed by atoms with Crippen molar-refractivity contribution in [2.45, 2.75) is 30.6 Å². The molecule has 0 N–H and O–H groups in total. The second-order valence-electron chi connectivity index (χ2n) is 3.90. The molecule has 0 amide bonds. The van der Waals surface area contributed by atoms with Crippen LogP contribution in [0.15, 0.2) is 41.8 Å². The van der Waals surface area contributed by atoms with Gasteiger partial charge in [0.25, 0.3) is 9.05 Å². The maximum Gasteiger partial charge on any atom is 0.261 e. The van der Waals surface area contributed by atoms with Crippen LogP contribution < -0.4 is 4.74 Å². The van der Waals surface area contributed by atoms with E-state index in [0.717, 1.165) is 25.7 Å². The first-order chi connectivity index (χ1) is 8.54. The second kappa shape index (κ2) is 7.44. The molecule has 0 spiro atoms. The summed E-state index contributed by atoms with van der Waals surface area (Å²) >= 11 is 0. The fourth-order valence-corrected chi connectivity index (χ4v) is 2.23. The Balaban J connectivity index is 2.34. The summed E-state index contributed by atoms with van der Waals surface area (Å²) in [6, 6.07) is 6.10. The van der Waals surface area contributed by atoms with E-state index in [2.05, 4.69) is 6.58 Å². The number of allylic oxidation sites excluding steroid dienone is 1. The van der Waals surface area contributed by atoms with E-state index in [0.29, 0.717) is 12.4 Å². The van der Waals surface area contributed by atoms with Crippen LogP contribution in [-0.2, 0) is 9.05 Å². The molecular weight excluding hydrogens is 272 g/mol. The van der Waals surface area contributed by atoms with Crippen LogP contribution in [-0.4, -0.2) is 15.0 Å². The van der Waals surface area contributed by atoms with Gasteiger partial charge in [-0.05, 0) is 49.9 Å². The van der Waals surface area contributed by atoms with Gasteiger partial charge in [-0.25, -0.2) is 8.42 Å². The van der Waals surface area contributed by atoms with Crippen LogP contribution in [0.4, 0.5) is 0 Å². The van der Waals surface area contributed by atoms with Gasteiger partial charge in [-0.15, -0.1) is 6.58 Å². The van der Waals surface area contributed by atoms with Crippen molar-refractivity contribution < 1.29 is 13.2 Å². The lowest BCUT2D eigenvalue weighted by Crippen LogP contribution is -1.97. The van der Waals surface area contributed by atoms with Gasteiger partial charge >= 0.3 is 0 Å². The van der Waals surface area contributed by atoms with Gasteiger partial charge in [0, 0.05) is 10.7 Å². The van der Waals surface area contributed by atoms with E-state index >= 15 is 0 Å². The Labute approximate surface area is 113 Å². The molecule has 1 aromatic carbocycles. The van der Waals surface area contributed by atoms with Gasteiger partial charge in [0.05, 0.1) is 11.5 Å². The van der Waals surface area contributed by atoms with Crippen molar-refractivity contribution in [3.8, 4) is 5.75 Å². The first-order valence-electron chi connectivity index (χ1n) is 5.82. The Kier molecular flexibility index (Phi) is 6.22. The van der Waals surface area contributed by atoms with Crippen LogP contribution in [0.2, 0.25) is 0 Å². The molecule has 1 rings (SSSR count). The minimum absolute atomic E-state index is 0.0856. The van der Waals surface area contributed by atoms with Crippen LogP contribution in [0.25, 0.3) is 0 Å². The molecule has 0 saturated heterocycles. The second-order valence-corrected chi connectivity index (χ2v) is 6.46. The summed E-state index contributed by atoms with van der Waals surface area (Å²) in [5, 5.41) is 0. The summed E-state index contributed by atoms with van der Waals surface area (Å²) in [6.07, 6.45) is 6.13. The Bertz CT molecular complexity index is 466. The Morgan fingerprint density at radius 2 is 1.83 bits per heavy atom. The number of hydrogen-bond donors (Lipinski definition) is 0. The molecule has 0 atom stereocenters. The molecule has 1 aromatic rings. The average molecular weight is 289 g/mol. The number of ether oxygens (including phenoxy) is 1. The molecule has 18 heavy (non-hydrogen) atoms. The number of benzene rings is 1. The molecular formula is C13H17ClO3S. The van der Waals surface area contributed by atoms with Gasteiger partial charge in [-0.1, -0.05) is 6.08 Å². The van der Waals surface area contributed by atoms with E-state index < -0.39 is 9.05 Å². The summed E-state index contributed by atoms with van der Waals surface area (Å²) < 4.78 is 27.5. The van der Waals surface area contributed by atoms with Crippen molar-refractivity contribution in [1.82, 2.24) is 0 Å². The number of halogens is 1. The van der Waals surface area contributed by atoms with Crippen LogP contribution in [0.3, 0.4) is 0 Å². The van der Waals surface area contributed by atoms with Crippen molar-refractivity contribution in [1.29, 1.82) is 0 Å². The molecule has 0 aliphatic carbocycles. The molecule has 0 radical (unpaired) electrons. The molecule has 100 valence electrons. The molecule has 5 heteroatoms. The van der Waals surface area contributed by atoms with Gasteiger partial charge in [0.15, 0.2) is 0 Å². The lowest BCUT2D eigenvalue weighted by molar-refractivity contribution is 0.305. The Morgan fingerprint density at radius 1 is 1.17 bits per heavy atom. The number of hydrogen-bond acceptors (Lipinski definition) is 3. The van der Waals surface area contributed by atoms with E-state index in [9.17, 15) is 8.42 Å². The molecule has 0 aromatic heterocycles. The van der Waals surface area contributed by atoms with Gasteiger partial charge in [-0.2, -0.15) is 0 Å². The van der Waals surface area contributed by atoms with E-state index in [1.807, 2.05) is 6.08 Å². The third kappa shape index (κ3) is 5.56. The molecule has 0 bridgehead atoms. The van der Waals surface area contributed by atoms with Crippen LogP contribution in [0.5, 0.6) is 5.75 Å².